The summed E-state index contributed by atoms with van der Waals surface area (Å²) in [5.74, 6) is 0.651. The van der Waals surface area contributed by atoms with E-state index in [1.807, 2.05) is 4.90 Å². The fraction of sp³-hybridized carbons (Fsp3) is 0.722. The lowest BCUT2D eigenvalue weighted by atomic mass is 9.88. The first-order valence-electron chi connectivity index (χ1n) is 8.89. The van der Waals surface area contributed by atoms with Crippen molar-refractivity contribution in [2.24, 2.45) is 5.92 Å². The molecule has 1 fully saturated rings. The minimum absolute atomic E-state index is 0.0367. The molecule has 3 atom stereocenters. The van der Waals surface area contributed by atoms with Gasteiger partial charge in [-0.2, -0.15) is 0 Å². The summed E-state index contributed by atoms with van der Waals surface area (Å²) < 4.78 is 5.97. The minimum Gasteiger partial charge on any atom is -0.376 e. The molecule has 0 unspecified atom stereocenters. The Morgan fingerprint density at radius 3 is 3.04 bits per heavy atom. The minimum atomic E-state index is 0.0367. The van der Waals surface area contributed by atoms with Crippen molar-refractivity contribution < 1.29 is 9.53 Å². The Hall–Kier alpha value is -1.07. The monoisotopic (exact) mass is 336 g/mol. The zero-order valence-electron chi connectivity index (χ0n) is 14.2. The topological polar surface area (TPSA) is 41.6 Å². The number of thiophene rings is 1. The Morgan fingerprint density at radius 1 is 1.39 bits per heavy atom. The SMILES string of the molecule is C[C@@H]1CCCC[C@@H]1OCCNC(=O)N1CCc2sccc2[C@H]1C. The van der Waals surface area contributed by atoms with E-state index in [-0.39, 0.29) is 12.1 Å². The normalized spacial score (nSPS) is 27.6. The lowest BCUT2D eigenvalue weighted by Crippen LogP contribution is -2.45. The molecule has 23 heavy (non-hydrogen) atoms. The maximum Gasteiger partial charge on any atom is 0.317 e. The van der Waals surface area contributed by atoms with Crippen LogP contribution in [0.3, 0.4) is 0 Å². The van der Waals surface area contributed by atoms with Crippen LogP contribution in [-0.4, -0.2) is 36.7 Å². The second-order valence-corrected chi connectivity index (χ2v) is 7.82. The van der Waals surface area contributed by atoms with Crippen LogP contribution in [0.15, 0.2) is 11.4 Å². The van der Waals surface area contributed by atoms with Gasteiger partial charge in [0.2, 0.25) is 0 Å². The van der Waals surface area contributed by atoms with E-state index in [1.165, 1.54) is 36.1 Å². The van der Waals surface area contributed by atoms with E-state index in [0.29, 0.717) is 25.2 Å². The van der Waals surface area contributed by atoms with Gasteiger partial charge in [-0.3, -0.25) is 0 Å². The van der Waals surface area contributed by atoms with Crippen molar-refractivity contribution in [3.63, 3.8) is 0 Å². The van der Waals surface area contributed by atoms with Crippen LogP contribution in [-0.2, 0) is 11.2 Å². The Labute approximate surface area is 143 Å². The Morgan fingerprint density at radius 2 is 2.22 bits per heavy atom. The smallest absolute Gasteiger partial charge is 0.317 e. The summed E-state index contributed by atoms with van der Waals surface area (Å²) >= 11 is 1.80. The van der Waals surface area contributed by atoms with E-state index in [0.717, 1.165) is 13.0 Å². The van der Waals surface area contributed by atoms with Gasteiger partial charge in [0.1, 0.15) is 0 Å². The van der Waals surface area contributed by atoms with Crippen LogP contribution in [0.1, 0.15) is 56.0 Å². The molecule has 0 radical (unpaired) electrons. The summed E-state index contributed by atoms with van der Waals surface area (Å²) in [7, 11) is 0. The molecule has 4 nitrogen and oxygen atoms in total. The third-order valence-corrected chi connectivity index (χ3v) is 6.28. The van der Waals surface area contributed by atoms with Gasteiger partial charge in [-0.15, -0.1) is 11.3 Å². The van der Waals surface area contributed by atoms with Gasteiger partial charge >= 0.3 is 6.03 Å². The molecule has 1 aromatic rings. The highest BCUT2D eigenvalue weighted by Gasteiger charge is 2.28. The van der Waals surface area contributed by atoms with Crippen LogP contribution < -0.4 is 5.32 Å². The molecule has 128 valence electrons. The van der Waals surface area contributed by atoms with Crippen LogP contribution in [0.5, 0.6) is 0 Å². The summed E-state index contributed by atoms with van der Waals surface area (Å²) in [5.41, 5.74) is 1.31. The molecule has 5 heteroatoms. The highest BCUT2D eigenvalue weighted by molar-refractivity contribution is 7.10. The van der Waals surface area contributed by atoms with E-state index in [1.54, 1.807) is 11.3 Å². The van der Waals surface area contributed by atoms with Gasteiger partial charge in [0.25, 0.3) is 0 Å². The second kappa shape index (κ2) is 7.67. The average Bonchev–Trinajstić information content (AvgIpc) is 3.03. The zero-order valence-corrected chi connectivity index (χ0v) is 15.0. The van der Waals surface area contributed by atoms with Gasteiger partial charge in [0.15, 0.2) is 0 Å². The molecule has 1 aliphatic heterocycles. The first-order valence-corrected chi connectivity index (χ1v) is 9.77. The molecule has 0 aromatic carbocycles. The number of carbonyl (C=O) groups excluding carboxylic acids is 1. The first-order chi connectivity index (χ1) is 11.2. The molecular weight excluding hydrogens is 308 g/mol. The number of amides is 2. The molecule has 1 aromatic heterocycles. The van der Waals surface area contributed by atoms with Crippen molar-refractivity contribution in [1.29, 1.82) is 0 Å². The van der Waals surface area contributed by atoms with E-state index >= 15 is 0 Å². The molecule has 1 aliphatic carbocycles. The number of fused-ring (bicyclic) bond motifs is 1. The largest absolute Gasteiger partial charge is 0.376 e. The molecule has 3 rings (SSSR count). The van der Waals surface area contributed by atoms with E-state index in [9.17, 15) is 4.79 Å². The Bertz CT molecular complexity index is 531. The molecular formula is C18H28N2O2S. The van der Waals surface area contributed by atoms with Gasteiger partial charge in [-0.05, 0) is 49.1 Å². The molecule has 1 N–H and O–H groups in total. The predicted molar refractivity (Wildman–Crippen MR) is 93.9 cm³/mol. The van der Waals surface area contributed by atoms with Crippen molar-refractivity contribution >= 4 is 17.4 Å². The average molecular weight is 337 g/mol. The number of nitrogens with one attached hydrogen (secondary N) is 1. The molecule has 2 heterocycles. The molecule has 0 spiro atoms. The summed E-state index contributed by atoms with van der Waals surface area (Å²) in [6, 6.07) is 2.36. The van der Waals surface area contributed by atoms with Gasteiger partial charge in [0.05, 0.1) is 18.8 Å². The van der Waals surface area contributed by atoms with Crippen LogP contribution >= 0.6 is 11.3 Å². The molecule has 2 amide bonds. The number of urea groups is 1. The maximum atomic E-state index is 12.4. The fourth-order valence-corrected chi connectivity index (χ4v) is 4.75. The van der Waals surface area contributed by atoms with Crippen LogP contribution in [0.2, 0.25) is 0 Å². The van der Waals surface area contributed by atoms with E-state index < -0.39 is 0 Å². The molecule has 1 saturated carbocycles. The Kier molecular flexibility index (Phi) is 5.59. The number of rotatable bonds is 4. The lowest BCUT2D eigenvalue weighted by Gasteiger charge is -2.34. The van der Waals surface area contributed by atoms with Crippen LogP contribution in [0, 0.1) is 5.92 Å². The molecule has 0 bridgehead atoms. The second-order valence-electron chi connectivity index (χ2n) is 6.82. The van der Waals surface area contributed by atoms with Gasteiger partial charge in [0, 0.05) is 18.0 Å². The Balaban J connectivity index is 1.41. The van der Waals surface area contributed by atoms with E-state index in [4.69, 9.17) is 4.74 Å². The third kappa shape index (κ3) is 3.89. The summed E-state index contributed by atoms with van der Waals surface area (Å²) in [5, 5.41) is 5.15. The third-order valence-electron chi connectivity index (χ3n) is 5.28. The number of hydrogen-bond acceptors (Lipinski definition) is 3. The number of ether oxygens (including phenoxy) is 1. The highest BCUT2D eigenvalue weighted by atomic mass is 32.1. The van der Waals surface area contributed by atoms with Gasteiger partial charge in [-0.1, -0.05) is 19.8 Å². The summed E-state index contributed by atoms with van der Waals surface area (Å²) in [6.45, 7) is 6.41. The van der Waals surface area contributed by atoms with Crippen molar-refractivity contribution in [3.8, 4) is 0 Å². The fourth-order valence-electron chi connectivity index (χ4n) is 3.79. The van der Waals surface area contributed by atoms with Crippen LogP contribution in [0.25, 0.3) is 0 Å². The van der Waals surface area contributed by atoms with Gasteiger partial charge < -0.3 is 15.0 Å². The number of hydrogen-bond donors (Lipinski definition) is 1. The van der Waals surface area contributed by atoms with E-state index in [2.05, 4.69) is 30.6 Å². The standard InChI is InChI=1S/C18H28N2O2S/c1-13-5-3-4-6-16(13)22-11-9-19-18(21)20-10-7-17-15(14(20)2)8-12-23-17/h8,12-14,16H,3-7,9-11H2,1-2H3,(H,19,21)/t13-,14-,16+/m1/s1. The number of carbonyl (C=O) groups is 1. The van der Waals surface area contributed by atoms with Crippen molar-refractivity contribution in [2.45, 2.75) is 58.1 Å². The molecule has 2 aliphatic rings. The summed E-state index contributed by atoms with van der Waals surface area (Å²) in [6.07, 6.45) is 6.39. The predicted octanol–water partition coefficient (Wildman–Crippen LogP) is 3.97. The van der Waals surface area contributed by atoms with Crippen molar-refractivity contribution in [3.05, 3.63) is 21.9 Å². The summed E-state index contributed by atoms with van der Waals surface area (Å²) in [4.78, 5) is 15.8. The first kappa shape index (κ1) is 16.8. The van der Waals surface area contributed by atoms with Crippen molar-refractivity contribution in [2.75, 3.05) is 19.7 Å². The lowest BCUT2D eigenvalue weighted by molar-refractivity contribution is -0.00282. The van der Waals surface area contributed by atoms with Crippen molar-refractivity contribution in [1.82, 2.24) is 10.2 Å². The van der Waals surface area contributed by atoms with Gasteiger partial charge in [-0.25, -0.2) is 4.79 Å². The zero-order chi connectivity index (χ0) is 16.2. The highest BCUT2D eigenvalue weighted by Crippen LogP contribution is 2.32. The molecule has 0 saturated heterocycles. The number of nitrogens with zero attached hydrogens (tertiary/aromatic N) is 1. The van der Waals surface area contributed by atoms with Crippen LogP contribution in [0.4, 0.5) is 4.79 Å². The quantitative estimate of drug-likeness (QED) is 0.845. The maximum absolute atomic E-state index is 12.4.